The minimum absolute atomic E-state index is 0.0593. The molecule has 5 rings (SSSR count). The van der Waals surface area contributed by atoms with Crippen molar-refractivity contribution in [2.75, 3.05) is 6.26 Å². The first kappa shape index (κ1) is 16.7. The molecule has 0 aliphatic heterocycles. The third-order valence-electron chi connectivity index (χ3n) is 5.63. The van der Waals surface area contributed by atoms with Crippen LogP contribution in [0, 0.1) is 5.92 Å². The maximum absolute atomic E-state index is 12.6. The molecule has 0 radical (unpaired) electrons. The summed E-state index contributed by atoms with van der Waals surface area (Å²) in [7, 11) is 1.85. The Bertz CT molecular complexity index is 1230. The summed E-state index contributed by atoms with van der Waals surface area (Å²) >= 11 is 1.79. The standard InChI is InChI=1S/C23H22N2OS/c1-24-14-19(16-6-3-4-7-17(16)23(24)26)21-12-18-20(8-5-9-22(18)27-2)25(21)13-15-10-11-15/h3-9,12,14-15H,10-11,13H2,1-2H3. The Kier molecular flexibility index (Phi) is 3.90. The monoisotopic (exact) mass is 374 g/mol. The predicted molar refractivity (Wildman–Crippen MR) is 115 cm³/mol. The van der Waals surface area contributed by atoms with E-state index in [1.165, 1.54) is 34.3 Å². The first-order chi connectivity index (χ1) is 13.2. The lowest BCUT2D eigenvalue weighted by atomic mass is 10.0. The number of pyridine rings is 1. The van der Waals surface area contributed by atoms with Gasteiger partial charge in [-0.05, 0) is 54.7 Å². The van der Waals surface area contributed by atoms with Crippen LogP contribution in [0.3, 0.4) is 0 Å². The highest BCUT2D eigenvalue weighted by molar-refractivity contribution is 7.98. The quantitative estimate of drug-likeness (QED) is 0.454. The highest BCUT2D eigenvalue weighted by Gasteiger charge is 2.25. The van der Waals surface area contributed by atoms with Crippen molar-refractivity contribution in [3.8, 4) is 11.3 Å². The Labute approximate surface area is 162 Å². The summed E-state index contributed by atoms with van der Waals surface area (Å²) in [6, 6.07) is 16.9. The molecular formula is C23H22N2OS. The molecule has 4 aromatic rings. The SMILES string of the molecule is CSc1cccc2c1cc(-c1cn(C)c(=O)c3ccccc13)n2CC1CC1. The zero-order valence-corrected chi connectivity index (χ0v) is 16.4. The van der Waals surface area contributed by atoms with Crippen LogP contribution in [0.2, 0.25) is 0 Å². The zero-order valence-electron chi connectivity index (χ0n) is 15.6. The molecule has 0 N–H and O–H groups in total. The molecular weight excluding hydrogens is 352 g/mol. The number of aromatic nitrogens is 2. The molecule has 0 atom stereocenters. The summed E-state index contributed by atoms with van der Waals surface area (Å²) < 4.78 is 4.19. The van der Waals surface area contributed by atoms with Crippen LogP contribution in [0.25, 0.3) is 32.9 Å². The second kappa shape index (κ2) is 6.31. The highest BCUT2D eigenvalue weighted by atomic mass is 32.2. The van der Waals surface area contributed by atoms with Crippen LogP contribution in [0.1, 0.15) is 12.8 Å². The van der Waals surface area contributed by atoms with Crippen molar-refractivity contribution in [1.29, 1.82) is 0 Å². The lowest BCUT2D eigenvalue weighted by Gasteiger charge is -2.14. The molecule has 1 aliphatic rings. The van der Waals surface area contributed by atoms with Gasteiger partial charge < -0.3 is 9.13 Å². The number of rotatable bonds is 4. The van der Waals surface area contributed by atoms with Crippen LogP contribution >= 0.6 is 11.8 Å². The molecule has 0 bridgehead atoms. The van der Waals surface area contributed by atoms with Gasteiger partial charge in [0.15, 0.2) is 0 Å². The molecule has 1 aliphatic carbocycles. The summed E-state index contributed by atoms with van der Waals surface area (Å²) in [6.45, 7) is 1.05. The minimum Gasteiger partial charge on any atom is -0.340 e. The molecule has 4 heteroatoms. The molecule has 0 saturated heterocycles. The van der Waals surface area contributed by atoms with E-state index in [4.69, 9.17) is 0 Å². The van der Waals surface area contributed by atoms with Crippen LogP contribution < -0.4 is 5.56 Å². The van der Waals surface area contributed by atoms with Crippen LogP contribution in [-0.4, -0.2) is 15.4 Å². The Morgan fingerprint density at radius 2 is 1.81 bits per heavy atom. The van der Waals surface area contributed by atoms with Gasteiger partial charge in [-0.3, -0.25) is 4.79 Å². The number of benzene rings is 2. The maximum Gasteiger partial charge on any atom is 0.258 e. The fraction of sp³-hybridized carbons (Fsp3) is 0.261. The van der Waals surface area contributed by atoms with Crippen molar-refractivity contribution >= 4 is 33.4 Å². The Hall–Kier alpha value is -2.46. The summed E-state index contributed by atoms with van der Waals surface area (Å²) in [5.74, 6) is 0.774. The van der Waals surface area contributed by atoms with Crippen molar-refractivity contribution in [3.05, 3.63) is 65.1 Å². The van der Waals surface area contributed by atoms with E-state index in [1.807, 2.05) is 31.4 Å². The summed E-state index contributed by atoms with van der Waals surface area (Å²) in [5, 5.41) is 3.12. The van der Waals surface area contributed by atoms with E-state index in [-0.39, 0.29) is 5.56 Å². The van der Waals surface area contributed by atoms with Crippen LogP contribution in [0.4, 0.5) is 0 Å². The third kappa shape index (κ3) is 2.71. The molecule has 0 amide bonds. The molecule has 0 spiro atoms. The zero-order chi connectivity index (χ0) is 18.5. The normalized spacial score (nSPS) is 14.3. The van der Waals surface area contributed by atoms with E-state index in [9.17, 15) is 4.79 Å². The molecule has 2 heterocycles. The largest absolute Gasteiger partial charge is 0.340 e. The topological polar surface area (TPSA) is 26.9 Å². The molecule has 2 aromatic heterocycles. The number of aryl methyl sites for hydroxylation is 1. The third-order valence-corrected chi connectivity index (χ3v) is 6.43. The highest BCUT2D eigenvalue weighted by Crippen LogP contribution is 2.39. The van der Waals surface area contributed by atoms with Crippen molar-refractivity contribution < 1.29 is 0 Å². The summed E-state index contributed by atoms with van der Waals surface area (Å²) in [6.07, 6.45) is 6.76. The lowest BCUT2D eigenvalue weighted by Crippen LogP contribution is -2.17. The molecule has 1 saturated carbocycles. The number of nitrogens with zero attached hydrogens (tertiary/aromatic N) is 2. The Morgan fingerprint density at radius 1 is 1.04 bits per heavy atom. The lowest BCUT2D eigenvalue weighted by molar-refractivity contribution is 0.652. The average Bonchev–Trinajstić information content (AvgIpc) is 3.44. The van der Waals surface area contributed by atoms with Crippen LogP contribution in [-0.2, 0) is 13.6 Å². The van der Waals surface area contributed by atoms with E-state index in [0.29, 0.717) is 0 Å². The van der Waals surface area contributed by atoms with E-state index in [1.54, 1.807) is 16.3 Å². The average molecular weight is 375 g/mol. The Balaban J connectivity index is 1.87. The molecule has 2 aromatic carbocycles. The second-order valence-electron chi connectivity index (χ2n) is 7.48. The van der Waals surface area contributed by atoms with Gasteiger partial charge in [0.25, 0.3) is 5.56 Å². The maximum atomic E-state index is 12.6. The van der Waals surface area contributed by atoms with Crippen molar-refractivity contribution in [2.45, 2.75) is 24.3 Å². The summed E-state index contributed by atoms with van der Waals surface area (Å²) in [5.41, 5.74) is 3.70. The summed E-state index contributed by atoms with van der Waals surface area (Å²) in [4.78, 5) is 13.9. The van der Waals surface area contributed by atoms with Crippen molar-refractivity contribution in [3.63, 3.8) is 0 Å². The molecule has 1 fully saturated rings. The van der Waals surface area contributed by atoms with Gasteiger partial charge >= 0.3 is 0 Å². The second-order valence-corrected chi connectivity index (χ2v) is 8.33. The fourth-order valence-electron chi connectivity index (χ4n) is 4.03. The van der Waals surface area contributed by atoms with Gasteiger partial charge in [-0.25, -0.2) is 0 Å². The molecule has 3 nitrogen and oxygen atoms in total. The van der Waals surface area contributed by atoms with E-state index < -0.39 is 0 Å². The smallest absolute Gasteiger partial charge is 0.258 e. The molecule has 0 unspecified atom stereocenters. The van der Waals surface area contributed by atoms with E-state index >= 15 is 0 Å². The first-order valence-electron chi connectivity index (χ1n) is 9.42. The number of hydrogen-bond donors (Lipinski definition) is 0. The first-order valence-corrected chi connectivity index (χ1v) is 10.6. The van der Waals surface area contributed by atoms with Gasteiger partial charge in [0.2, 0.25) is 0 Å². The number of hydrogen-bond acceptors (Lipinski definition) is 2. The molecule has 136 valence electrons. The van der Waals surface area contributed by atoms with Gasteiger partial charge in [0, 0.05) is 46.5 Å². The van der Waals surface area contributed by atoms with Crippen LogP contribution in [0.5, 0.6) is 0 Å². The number of thioether (sulfide) groups is 1. The van der Waals surface area contributed by atoms with Gasteiger partial charge in [-0.1, -0.05) is 24.3 Å². The van der Waals surface area contributed by atoms with Gasteiger partial charge in [-0.2, -0.15) is 0 Å². The molecule has 27 heavy (non-hydrogen) atoms. The predicted octanol–water partition coefficient (Wildman–Crippen LogP) is 5.29. The minimum atomic E-state index is 0.0593. The van der Waals surface area contributed by atoms with Crippen LogP contribution in [0.15, 0.2) is 64.4 Å². The van der Waals surface area contributed by atoms with Gasteiger partial charge in [0.1, 0.15) is 0 Å². The fourth-order valence-corrected chi connectivity index (χ4v) is 4.63. The van der Waals surface area contributed by atoms with Crippen molar-refractivity contribution in [2.24, 2.45) is 13.0 Å². The van der Waals surface area contributed by atoms with Gasteiger partial charge in [-0.15, -0.1) is 11.8 Å². The van der Waals surface area contributed by atoms with Gasteiger partial charge in [0.05, 0.1) is 5.69 Å². The number of fused-ring (bicyclic) bond motifs is 2. The van der Waals surface area contributed by atoms with E-state index in [2.05, 4.69) is 41.2 Å². The van der Waals surface area contributed by atoms with Crippen molar-refractivity contribution in [1.82, 2.24) is 9.13 Å². The Morgan fingerprint density at radius 3 is 2.56 bits per heavy atom. The van der Waals surface area contributed by atoms with E-state index in [0.717, 1.165) is 28.8 Å².